The molecule has 116 valence electrons. The highest BCUT2D eigenvalue weighted by atomic mass is 16.5. The van der Waals surface area contributed by atoms with Crippen LogP contribution in [0.2, 0.25) is 0 Å². The third-order valence-corrected chi connectivity index (χ3v) is 4.06. The van der Waals surface area contributed by atoms with Crippen molar-refractivity contribution >= 4 is 11.6 Å². The number of benzene rings is 1. The molecular weight excluding hydrogens is 264 g/mol. The molecule has 1 amide bonds. The van der Waals surface area contributed by atoms with E-state index < -0.39 is 5.54 Å². The van der Waals surface area contributed by atoms with E-state index in [9.17, 15) is 4.79 Å². The van der Waals surface area contributed by atoms with Crippen LogP contribution in [0.15, 0.2) is 24.3 Å². The van der Waals surface area contributed by atoms with Crippen LogP contribution < -0.4 is 15.8 Å². The summed E-state index contributed by atoms with van der Waals surface area (Å²) in [7, 11) is 0. The van der Waals surface area contributed by atoms with Gasteiger partial charge in [0.05, 0.1) is 12.0 Å². The summed E-state index contributed by atoms with van der Waals surface area (Å²) in [4.78, 5) is 12.4. The zero-order chi connectivity index (χ0) is 15.5. The van der Waals surface area contributed by atoms with E-state index in [1.165, 1.54) is 0 Å². The molecule has 1 aliphatic carbocycles. The Kier molecular flexibility index (Phi) is 4.88. The third-order valence-electron chi connectivity index (χ3n) is 4.06. The maximum atomic E-state index is 12.4. The minimum Gasteiger partial charge on any atom is -0.491 e. The number of carbonyl (C=O) groups excluding carboxylic acids is 1. The van der Waals surface area contributed by atoms with Crippen LogP contribution in [0, 0.1) is 5.92 Å². The Bertz CT molecular complexity index is 480. The normalized spacial score (nSPS) is 25.7. The van der Waals surface area contributed by atoms with Crippen LogP contribution in [0.5, 0.6) is 5.75 Å². The van der Waals surface area contributed by atoms with Gasteiger partial charge in [0, 0.05) is 11.2 Å². The highest BCUT2D eigenvalue weighted by Crippen LogP contribution is 2.32. The van der Waals surface area contributed by atoms with Crippen molar-refractivity contribution in [2.45, 2.75) is 58.1 Å². The maximum absolute atomic E-state index is 12.4. The number of hydrogen-bond acceptors (Lipinski definition) is 3. The molecule has 0 saturated heterocycles. The van der Waals surface area contributed by atoms with Crippen molar-refractivity contribution in [2.24, 2.45) is 11.7 Å². The molecule has 0 aliphatic heterocycles. The van der Waals surface area contributed by atoms with Crippen molar-refractivity contribution in [1.29, 1.82) is 0 Å². The summed E-state index contributed by atoms with van der Waals surface area (Å²) in [5, 5.41) is 2.97. The van der Waals surface area contributed by atoms with Gasteiger partial charge in [-0.2, -0.15) is 0 Å². The Morgan fingerprint density at radius 3 is 2.57 bits per heavy atom. The quantitative estimate of drug-likeness (QED) is 0.894. The fourth-order valence-corrected chi connectivity index (χ4v) is 2.91. The van der Waals surface area contributed by atoms with Gasteiger partial charge in [-0.15, -0.1) is 0 Å². The molecule has 4 nitrogen and oxygen atoms in total. The van der Waals surface area contributed by atoms with Crippen LogP contribution in [0.4, 0.5) is 5.69 Å². The van der Waals surface area contributed by atoms with Crippen molar-refractivity contribution in [1.82, 2.24) is 0 Å². The van der Waals surface area contributed by atoms with Crippen LogP contribution in [-0.4, -0.2) is 17.6 Å². The number of carbonyl (C=O) groups is 1. The molecule has 1 saturated carbocycles. The first-order valence-electron chi connectivity index (χ1n) is 7.75. The van der Waals surface area contributed by atoms with Crippen molar-refractivity contribution in [3.63, 3.8) is 0 Å². The van der Waals surface area contributed by atoms with Crippen LogP contribution in [0.3, 0.4) is 0 Å². The number of ether oxygens (including phenoxy) is 1. The van der Waals surface area contributed by atoms with Gasteiger partial charge in [-0.1, -0.05) is 12.8 Å². The van der Waals surface area contributed by atoms with Gasteiger partial charge in [0.2, 0.25) is 5.91 Å². The Morgan fingerprint density at radius 1 is 1.33 bits per heavy atom. The van der Waals surface area contributed by atoms with Crippen molar-refractivity contribution < 1.29 is 9.53 Å². The second-order valence-electron chi connectivity index (χ2n) is 6.48. The largest absolute Gasteiger partial charge is 0.491 e. The average Bonchev–Trinajstić information content (AvgIpc) is 2.39. The third kappa shape index (κ3) is 4.21. The minimum absolute atomic E-state index is 0.0252. The zero-order valence-corrected chi connectivity index (χ0v) is 13.2. The predicted molar refractivity (Wildman–Crippen MR) is 85.4 cm³/mol. The van der Waals surface area contributed by atoms with Gasteiger partial charge < -0.3 is 15.8 Å². The smallest absolute Gasteiger partial charge is 0.229 e. The molecule has 21 heavy (non-hydrogen) atoms. The van der Waals surface area contributed by atoms with Gasteiger partial charge in [-0.3, -0.25) is 4.79 Å². The zero-order valence-electron chi connectivity index (χ0n) is 13.2. The number of rotatable bonds is 4. The van der Waals surface area contributed by atoms with Crippen molar-refractivity contribution in [3.05, 3.63) is 24.3 Å². The second-order valence-corrected chi connectivity index (χ2v) is 6.48. The molecule has 1 fully saturated rings. The monoisotopic (exact) mass is 290 g/mol. The number of nitrogens with two attached hydrogens (primary N) is 1. The van der Waals surface area contributed by atoms with Gasteiger partial charge in [0.15, 0.2) is 0 Å². The molecule has 4 heteroatoms. The summed E-state index contributed by atoms with van der Waals surface area (Å²) in [5.74, 6) is 0.722. The summed E-state index contributed by atoms with van der Waals surface area (Å²) >= 11 is 0. The van der Waals surface area contributed by atoms with Crippen molar-refractivity contribution in [2.75, 3.05) is 5.32 Å². The lowest BCUT2D eigenvalue weighted by molar-refractivity contribution is -0.122. The number of nitrogens with one attached hydrogen (secondary N) is 1. The fourth-order valence-electron chi connectivity index (χ4n) is 2.91. The minimum atomic E-state index is -0.400. The number of anilines is 1. The van der Waals surface area contributed by atoms with E-state index in [1.807, 2.05) is 45.0 Å². The van der Waals surface area contributed by atoms with Gasteiger partial charge in [-0.25, -0.2) is 0 Å². The Hall–Kier alpha value is -1.55. The average molecular weight is 290 g/mol. The second kappa shape index (κ2) is 6.48. The summed E-state index contributed by atoms with van der Waals surface area (Å²) in [5.41, 5.74) is 6.66. The van der Waals surface area contributed by atoms with Crippen LogP contribution in [-0.2, 0) is 4.79 Å². The van der Waals surface area contributed by atoms with E-state index in [-0.39, 0.29) is 17.9 Å². The molecule has 1 aromatic rings. The van der Waals surface area contributed by atoms with E-state index in [0.29, 0.717) is 0 Å². The highest BCUT2D eigenvalue weighted by Gasteiger charge is 2.37. The molecule has 3 N–H and O–H groups in total. The molecule has 1 aliphatic rings. The molecule has 0 bridgehead atoms. The summed E-state index contributed by atoms with van der Waals surface area (Å²) < 4.78 is 5.59. The van der Waals surface area contributed by atoms with Gasteiger partial charge in [-0.05, 0) is 57.9 Å². The Morgan fingerprint density at radius 2 is 2.00 bits per heavy atom. The van der Waals surface area contributed by atoms with Crippen LogP contribution >= 0.6 is 0 Å². The SMILES string of the molecule is CC(C)Oc1ccc(NC(=O)C2CCCCC2(C)N)cc1. The van der Waals surface area contributed by atoms with Crippen LogP contribution in [0.1, 0.15) is 46.5 Å². The molecular formula is C17H26N2O2. The topological polar surface area (TPSA) is 64.3 Å². The van der Waals surface area contributed by atoms with E-state index in [2.05, 4.69) is 5.32 Å². The Labute approximate surface area is 127 Å². The summed E-state index contributed by atoms with van der Waals surface area (Å²) in [6.45, 7) is 5.96. The molecule has 0 aromatic heterocycles. The van der Waals surface area contributed by atoms with E-state index in [0.717, 1.165) is 37.1 Å². The van der Waals surface area contributed by atoms with E-state index in [1.54, 1.807) is 0 Å². The Balaban J connectivity index is 1.99. The van der Waals surface area contributed by atoms with Gasteiger partial charge in [0.25, 0.3) is 0 Å². The first-order chi connectivity index (χ1) is 9.88. The molecule has 0 spiro atoms. The lowest BCUT2D eigenvalue weighted by Crippen LogP contribution is -2.51. The predicted octanol–water partition coefficient (Wildman–Crippen LogP) is 3.32. The molecule has 0 radical (unpaired) electrons. The molecule has 2 atom stereocenters. The summed E-state index contributed by atoms with van der Waals surface area (Å²) in [6, 6.07) is 7.48. The van der Waals surface area contributed by atoms with Gasteiger partial charge >= 0.3 is 0 Å². The first-order valence-corrected chi connectivity index (χ1v) is 7.75. The van der Waals surface area contributed by atoms with E-state index >= 15 is 0 Å². The molecule has 1 aromatic carbocycles. The molecule has 2 unspecified atom stereocenters. The maximum Gasteiger partial charge on any atom is 0.229 e. The lowest BCUT2D eigenvalue weighted by atomic mass is 9.74. The van der Waals surface area contributed by atoms with Crippen LogP contribution in [0.25, 0.3) is 0 Å². The van der Waals surface area contributed by atoms with E-state index in [4.69, 9.17) is 10.5 Å². The lowest BCUT2D eigenvalue weighted by Gasteiger charge is -2.37. The van der Waals surface area contributed by atoms with Gasteiger partial charge in [0.1, 0.15) is 5.75 Å². The number of amides is 1. The summed E-state index contributed by atoms with van der Waals surface area (Å²) in [6.07, 6.45) is 4.11. The molecule has 0 heterocycles. The number of hydrogen-bond donors (Lipinski definition) is 2. The first kappa shape index (κ1) is 15.8. The highest BCUT2D eigenvalue weighted by molar-refractivity contribution is 5.93. The molecule has 2 rings (SSSR count). The van der Waals surface area contributed by atoms with Crippen molar-refractivity contribution in [3.8, 4) is 5.75 Å². The standard InChI is InChI=1S/C17H26N2O2/c1-12(2)21-14-9-7-13(8-10-14)19-16(20)15-6-4-5-11-17(15,3)18/h7-10,12,15H,4-6,11,18H2,1-3H3,(H,19,20). The fraction of sp³-hybridized carbons (Fsp3) is 0.588.